The minimum Gasteiger partial charge on any atom is -0.326 e. The van der Waals surface area contributed by atoms with Crippen molar-refractivity contribution in [3.8, 4) is 0 Å². The van der Waals surface area contributed by atoms with Gasteiger partial charge in [0.1, 0.15) is 0 Å². The lowest BCUT2D eigenvalue weighted by Crippen LogP contribution is -2.22. The third-order valence-corrected chi connectivity index (χ3v) is 3.50. The standard InChI is InChI=1S/C12H22N2S/c1-9(2)7-14(4)8-11-5-12(6-13)15-10(11)3/h5,9H,6-8,13H2,1-4H3. The van der Waals surface area contributed by atoms with E-state index in [1.54, 1.807) is 0 Å². The number of rotatable bonds is 5. The molecule has 0 aromatic carbocycles. The van der Waals surface area contributed by atoms with Crippen molar-refractivity contribution in [3.63, 3.8) is 0 Å². The highest BCUT2D eigenvalue weighted by Gasteiger charge is 2.08. The average Bonchev–Trinajstić information content (AvgIpc) is 2.46. The van der Waals surface area contributed by atoms with Crippen LogP contribution in [0, 0.1) is 12.8 Å². The summed E-state index contributed by atoms with van der Waals surface area (Å²) in [5.41, 5.74) is 7.07. The van der Waals surface area contributed by atoms with Crippen LogP contribution in [-0.2, 0) is 13.1 Å². The first-order valence-electron chi connectivity index (χ1n) is 5.49. The van der Waals surface area contributed by atoms with Gasteiger partial charge in [-0.25, -0.2) is 0 Å². The summed E-state index contributed by atoms with van der Waals surface area (Å²) < 4.78 is 0. The quantitative estimate of drug-likeness (QED) is 0.836. The molecule has 0 spiro atoms. The highest BCUT2D eigenvalue weighted by Crippen LogP contribution is 2.22. The molecule has 0 aliphatic carbocycles. The van der Waals surface area contributed by atoms with Crippen molar-refractivity contribution >= 4 is 11.3 Å². The normalized spacial score (nSPS) is 11.7. The fraction of sp³-hybridized carbons (Fsp3) is 0.667. The van der Waals surface area contributed by atoms with E-state index in [0.29, 0.717) is 6.54 Å². The first kappa shape index (κ1) is 12.7. The van der Waals surface area contributed by atoms with Gasteiger partial charge >= 0.3 is 0 Å². The van der Waals surface area contributed by atoms with Crippen LogP contribution >= 0.6 is 11.3 Å². The summed E-state index contributed by atoms with van der Waals surface area (Å²) >= 11 is 1.82. The molecule has 86 valence electrons. The van der Waals surface area contributed by atoms with Crippen LogP contribution in [0.4, 0.5) is 0 Å². The van der Waals surface area contributed by atoms with Gasteiger partial charge in [0.2, 0.25) is 0 Å². The first-order valence-corrected chi connectivity index (χ1v) is 6.31. The van der Waals surface area contributed by atoms with Crippen LogP contribution in [0.15, 0.2) is 6.07 Å². The predicted octanol–water partition coefficient (Wildman–Crippen LogP) is 2.60. The zero-order valence-electron chi connectivity index (χ0n) is 10.2. The zero-order valence-corrected chi connectivity index (χ0v) is 11.0. The van der Waals surface area contributed by atoms with Crippen LogP contribution in [0.2, 0.25) is 0 Å². The molecule has 2 N–H and O–H groups in total. The molecular formula is C12H22N2S. The van der Waals surface area contributed by atoms with Crippen LogP contribution in [-0.4, -0.2) is 18.5 Å². The van der Waals surface area contributed by atoms with E-state index in [4.69, 9.17) is 5.73 Å². The maximum atomic E-state index is 5.64. The number of nitrogens with zero attached hydrogens (tertiary/aromatic N) is 1. The summed E-state index contributed by atoms with van der Waals surface area (Å²) in [5, 5.41) is 0. The molecule has 0 atom stereocenters. The fourth-order valence-electron chi connectivity index (χ4n) is 1.82. The Bertz CT molecular complexity index is 305. The molecule has 15 heavy (non-hydrogen) atoms. The van der Waals surface area contributed by atoms with Gasteiger partial charge in [-0.15, -0.1) is 11.3 Å². The topological polar surface area (TPSA) is 29.3 Å². The summed E-state index contributed by atoms with van der Waals surface area (Å²) in [6.07, 6.45) is 0. The molecule has 0 aliphatic rings. The highest BCUT2D eigenvalue weighted by atomic mass is 32.1. The lowest BCUT2D eigenvalue weighted by Gasteiger charge is -2.18. The second-order valence-electron chi connectivity index (χ2n) is 4.59. The number of nitrogens with two attached hydrogens (primary N) is 1. The Morgan fingerprint density at radius 1 is 1.47 bits per heavy atom. The number of hydrogen-bond acceptors (Lipinski definition) is 3. The minimum absolute atomic E-state index is 0.666. The van der Waals surface area contributed by atoms with Gasteiger partial charge in [0.15, 0.2) is 0 Å². The third kappa shape index (κ3) is 3.93. The van der Waals surface area contributed by atoms with Gasteiger partial charge in [-0.05, 0) is 31.5 Å². The maximum Gasteiger partial charge on any atom is 0.0274 e. The molecule has 0 bridgehead atoms. The van der Waals surface area contributed by atoms with Gasteiger partial charge in [0.05, 0.1) is 0 Å². The van der Waals surface area contributed by atoms with E-state index in [9.17, 15) is 0 Å². The summed E-state index contributed by atoms with van der Waals surface area (Å²) in [6.45, 7) is 9.54. The van der Waals surface area contributed by atoms with Crippen LogP contribution in [0.25, 0.3) is 0 Å². The van der Waals surface area contributed by atoms with E-state index in [0.717, 1.165) is 19.0 Å². The minimum atomic E-state index is 0.666. The molecule has 0 radical (unpaired) electrons. The molecule has 0 amide bonds. The van der Waals surface area contributed by atoms with Crippen molar-refractivity contribution in [1.82, 2.24) is 4.90 Å². The zero-order chi connectivity index (χ0) is 11.4. The first-order chi connectivity index (χ1) is 7.02. The molecule has 1 aromatic rings. The number of hydrogen-bond donors (Lipinski definition) is 1. The van der Waals surface area contributed by atoms with Crippen molar-refractivity contribution < 1.29 is 0 Å². The Morgan fingerprint density at radius 2 is 2.13 bits per heavy atom. The smallest absolute Gasteiger partial charge is 0.0274 e. The Labute approximate surface area is 97.1 Å². The van der Waals surface area contributed by atoms with Crippen molar-refractivity contribution in [2.75, 3.05) is 13.6 Å². The van der Waals surface area contributed by atoms with E-state index in [-0.39, 0.29) is 0 Å². The Balaban J connectivity index is 2.59. The van der Waals surface area contributed by atoms with Gasteiger partial charge in [-0.2, -0.15) is 0 Å². The van der Waals surface area contributed by atoms with Crippen LogP contribution in [0.3, 0.4) is 0 Å². The second-order valence-corrected chi connectivity index (χ2v) is 5.93. The van der Waals surface area contributed by atoms with Crippen molar-refractivity contribution in [2.24, 2.45) is 11.7 Å². The Kier molecular flexibility index (Phi) is 4.77. The van der Waals surface area contributed by atoms with E-state index >= 15 is 0 Å². The molecule has 3 heteroatoms. The molecule has 0 saturated carbocycles. The molecular weight excluding hydrogens is 204 g/mol. The molecule has 1 heterocycles. The van der Waals surface area contributed by atoms with Crippen molar-refractivity contribution in [3.05, 3.63) is 21.4 Å². The highest BCUT2D eigenvalue weighted by molar-refractivity contribution is 7.12. The summed E-state index contributed by atoms with van der Waals surface area (Å²) in [6, 6.07) is 2.25. The van der Waals surface area contributed by atoms with Crippen molar-refractivity contribution in [1.29, 1.82) is 0 Å². The third-order valence-electron chi connectivity index (χ3n) is 2.39. The fourth-order valence-corrected chi connectivity index (χ4v) is 2.76. The van der Waals surface area contributed by atoms with E-state index in [1.807, 2.05) is 11.3 Å². The molecule has 0 unspecified atom stereocenters. The van der Waals surface area contributed by atoms with E-state index in [2.05, 4.69) is 38.8 Å². The van der Waals surface area contributed by atoms with Gasteiger partial charge in [-0.3, -0.25) is 0 Å². The molecule has 1 rings (SSSR count). The Hall–Kier alpha value is -0.380. The lowest BCUT2D eigenvalue weighted by atomic mass is 10.2. The summed E-state index contributed by atoms with van der Waals surface area (Å²) in [4.78, 5) is 5.08. The molecule has 1 aromatic heterocycles. The largest absolute Gasteiger partial charge is 0.326 e. The predicted molar refractivity (Wildman–Crippen MR) is 68.1 cm³/mol. The summed E-state index contributed by atoms with van der Waals surface area (Å²) in [5.74, 6) is 0.725. The maximum absolute atomic E-state index is 5.64. The lowest BCUT2D eigenvalue weighted by molar-refractivity contribution is 0.288. The van der Waals surface area contributed by atoms with Crippen LogP contribution < -0.4 is 5.73 Å². The van der Waals surface area contributed by atoms with Crippen LogP contribution in [0.5, 0.6) is 0 Å². The Morgan fingerprint density at radius 3 is 2.60 bits per heavy atom. The van der Waals surface area contributed by atoms with Gasteiger partial charge in [-0.1, -0.05) is 13.8 Å². The monoisotopic (exact) mass is 226 g/mol. The van der Waals surface area contributed by atoms with E-state index < -0.39 is 0 Å². The second kappa shape index (κ2) is 5.64. The molecule has 0 fully saturated rings. The van der Waals surface area contributed by atoms with Gasteiger partial charge < -0.3 is 10.6 Å². The molecule has 0 saturated heterocycles. The number of aryl methyl sites for hydroxylation is 1. The number of thiophene rings is 1. The van der Waals surface area contributed by atoms with Gasteiger partial charge in [0.25, 0.3) is 0 Å². The molecule has 0 aliphatic heterocycles. The summed E-state index contributed by atoms with van der Waals surface area (Å²) in [7, 11) is 2.18. The average molecular weight is 226 g/mol. The SMILES string of the molecule is Cc1sc(CN)cc1CN(C)CC(C)C. The molecule has 2 nitrogen and oxygen atoms in total. The van der Waals surface area contributed by atoms with E-state index in [1.165, 1.54) is 15.3 Å². The van der Waals surface area contributed by atoms with Crippen molar-refractivity contribution in [2.45, 2.75) is 33.9 Å². The van der Waals surface area contributed by atoms with Crippen LogP contribution in [0.1, 0.15) is 29.2 Å². The van der Waals surface area contributed by atoms with Gasteiger partial charge in [0, 0.05) is 29.4 Å².